The van der Waals surface area contributed by atoms with Gasteiger partial charge in [0, 0.05) is 35.7 Å². The number of fused-ring (bicyclic) bond motifs is 2. The second-order valence-electron chi connectivity index (χ2n) is 7.98. The summed E-state index contributed by atoms with van der Waals surface area (Å²) in [5.41, 5.74) is -0.532. The largest absolute Gasteiger partial charge is 0.385 e. The number of carbonyl (C=O) groups excluding carboxylic acids is 2. The topological polar surface area (TPSA) is 101 Å². The summed E-state index contributed by atoms with van der Waals surface area (Å²) in [6, 6.07) is 4.62. The Labute approximate surface area is 186 Å². The molecular weight excluding hydrogens is 471 g/mol. The molecule has 0 spiro atoms. The number of carbonyl (C=O) groups is 2. The van der Waals surface area contributed by atoms with Crippen LogP contribution in [0.2, 0.25) is 5.02 Å². The van der Waals surface area contributed by atoms with Gasteiger partial charge in [-0.2, -0.15) is 0 Å². The second kappa shape index (κ2) is 8.17. The second-order valence-corrected chi connectivity index (χ2v) is 10.5. The SMILES string of the molecule is O=C(Nc1cc(F)c(F)c(F)c1)c1ccc(Cl)c(S(=O)(=O)C2C3CC[C@H]2[C@H](O)C(=O)C3)c1. The zero-order chi connectivity index (χ0) is 23.4. The van der Waals surface area contributed by atoms with Crippen LogP contribution in [-0.2, 0) is 14.6 Å². The third-order valence-corrected chi connectivity index (χ3v) is 8.90. The van der Waals surface area contributed by atoms with Crippen LogP contribution < -0.4 is 5.32 Å². The van der Waals surface area contributed by atoms with Gasteiger partial charge in [-0.25, -0.2) is 21.6 Å². The van der Waals surface area contributed by atoms with Crippen molar-refractivity contribution in [3.63, 3.8) is 0 Å². The minimum absolute atomic E-state index is 0.0545. The van der Waals surface area contributed by atoms with Crippen molar-refractivity contribution >= 4 is 38.8 Å². The van der Waals surface area contributed by atoms with Gasteiger partial charge >= 0.3 is 0 Å². The van der Waals surface area contributed by atoms with Crippen molar-refractivity contribution in [2.75, 3.05) is 5.32 Å². The Balaban J connectivity index is 1.66. The van der Waals surface area contributed by atoms with E-state index in [2.05, 4.69) is 5.32 Å². The third kappa shape index (κ3) is 3.80. The first-order valence-corrected chi connectivity index (χ1v) is 11.6. The maximum Gasteiger partial charge on any atom is 0.255 e. The monoisotopic (exact) mass is 487 g/mol. The fourth-order valence-electron chi connectivity index (χ4n) is 4.58. The molecule has 2 aromatic carbocycles. The van der Waals surface area contributed by atoms with Crippen LogP contribution in [0.25, 0.3) is 0 Å². The molecule has 2 bridgehead atoms. The summed E-state index contributed by atoms with van der Waals surface area (Å²) in [4.78, 5) is 24.1. The number of benzene rings is 2. The van der Waals surface area contributed by atoms with E-state index in [9.17, 15) is 36.3 Å². The number of hydrogen-bond donors (Lipinski definition) is 2. The number of ketones is 1. The van der Waals surface area contributed by atoms with Gasteiger partial charge in [0.05, 0.1) is 15.2 Å². The molecule has 0 heterocycles. The van der Waals surface area contributed by atoms with Gasteiger partial charge in [-0.05, 0) is 37.0 Å². The Morgan fingerprint density at radius 1 is 1.09 bits per heavy atom. The lowest BCUT2D eigenvalue weighted by Gasteiger charge is -2.32. The predicted octanol–water partition coefficient (Wildman–Crippen LogP) is 3.51. The molecule has 32 heavy (non-hydrogen) atoms. The molecule has 4 atom stereocenters. The van der Waals surface area contributed by atoms with E-state index in [0.717, 1.165) is 6.07 Å². The Bertz CT molecular complexity index is 1210. The molecule has 170 valence electrons. The number of aliphatic hydroxyl groups excluding tert-OH is 1. The molecule has 2 aliphatic rings. The van der Waals surface area contributed by atoms with E-state index in [1.165, 1.54) is 12.1 Å². The summed E-state index contributed by atoms with van der Waals surface area (Å²) in [7, 11) is -4.13. The smallest absolute Gasteiger partial charge is 0.255 e. The van der Waals surface area contributed by atoms with Crippen LogP contribution in [0.15, 0.2) is 35.2 Å². The van der Waals surface area contributed by atoms with E-state index in [1.54, 1.807) is 0 Å². The Kier molecular flexibility index (Phi) is 5.81. The highest BCUT2D eigenvalue weighted by molar-refractivity contribution is 7.92. The molecule has 2 fully saturated rings. The summed E-state index contributed by atoms with van der Waals surface area (Å²) >= 11 is 6.12. The Morgan fingerprint density at radius 2 is 1.75 bits per heavy atom. The summed E-state index contributed by atoms with van der Waals surface area (Å²) in [6.45, 7) is 0. The number of rotatable bonds is 4. The normalized spacial score (nSPS) is 25.1. The highest BCUT2D eigenvalue weighted by Crippen LogP contribution is 2.47. The summed E-state index contributed by atoms with van der Waals surface area (Å²) < 4.78 is 66.7. The van der Waals surface area contributed by atoms with Crippen LogP contribution in [0.5, 0.6) is 0 Å². The lowest BCUT2D eigenvalue weighted by atomic mass is 9.85. The average Bonchev–Trinajstić information content (AvgIpc) is 3.09. The van der Waals surface area contributed by atoms with Gasteiger partial charge < -0.3 is 10.4 Å². The number of hydrogen-bond acceptors (Lipinski definition) is 5. The van der Waals surface area contributed by atoms with Crippen LogP contribution in [0, 0.1) is 29.3 Å². The molecule has 2 unspecified atom stereocenters. The number of sulfone groups is 1. The first-order chi connectivity index (χ1) is 15.0. The number of amides is 1. The molecule has 2 aromatic rings. The fourth-order valence-corrected chi connectivity index (χ4v) is 7.43. The molecule has 2 saturated carbocycles. The van der Waals surface area contributed by atoms with Crippen LogP contribution in [0.4, 0.5) is 18.9 Å². The van der Waals surface area contributed by atoms with E-state index in [0.29, 0.717) is 25.0 Å². The highest BCUT2D eigenvalue weighted by atomic mass is 35.5. The molecule has 0 aliphatic heterocycles. The van der Waals surface area contributed by atoms with Gasteiger partial charge in [0.15, 0.2) is 33.1 Å². The zero-order valence-electron chi connectivity index (χ0n) is 16.3. The number of nitrogens with one attached hydrogen (secondary N) is 1. The van der Waals surface area contributed by atoms with Crippen LogP contribution >= 0.6 is 11.6 Å². The first-order valence-electron chi connectivity index (χ1n) is 9.71. The molecule has 2 N–H and O–H groups in total. The maximum atomic E-state index is 13.4. The molecule has 2 aliphatic carbocycles. The number of halogens is 4. The average molecular weight is 488 g/mol. The van der Waals surface area contributed by atoms with E-state index in [4.69, 9.17) is 11.6 Å². The van der Waals surface area contributed by atoms with Gasteiger partial charge in [-0.1, -0.05) is 11.6 Å². The summed E-state index contributed by atoms with van der Waals surface area (Å²) in [5, 5.41) is 11.2. The molecule has 11 heteroatoms. The molecular formula is C21H17ClF3NO5S. The van der Waals surface area contributed by atoms with Gasteiger partial charge in [-0.15, -0.1) is 0 Å². The molecule has 6 nitrogen and oxygen atoms in total. The quantitative estimate of drug-likeness (QED) is 0.643. The van der Waals surface area contributed by atoms with E-state index < -0.39 is 56.4 Å². The number of Topliss-reactive ketones (excluding diaryl/α,β-unsaturated/α-hetero) is 1. The molecule has 1 amide bonds. The van der Waals surface area contributed by atoms with Crippen LogP contribution in [-0.4, -0.2) is 36.6 Å². The minimum atomic E-state index is -4.13. The van der Waals surface area contributed by atoms with E-state index >= 15 is 0 Å². The van der Waals surface area contributed by atoms with Crippen molar-refractivity contribution in [3.8, 4) is 0 Å². The Hall–Kier alpha value is -2.43. The van der Waals surface area contributed by atoms with Crippen molar-refractivity contribution in [2.45, 2.75) is 35.5 Å². The third-order valence-electron chi connectivity index (χ3n) is 6.06. The van der Waals surface area contributed by atoms with Crippen molar-refractivity contribution in [2.24, 2.45) is 11.8 Å². The maximum absolute atomic E-state index is 13.4. The van der Waals surface area contributed by atoms with Crippen LogP contribution in [0.3, 0.4) is 0 Å². The summed E-state index contributed by atoms with van der Waals surface area (Å²) in [6.07, 6.45) is -0.583. The molecule has 0 radical (unpaired) electrons. The number of anilines is 1. The lowest BCUT2D eigenvalue weighted by molar-refractivity contribution is -0.132. The lowest BCUT2D eigenvalue weighted by Crippen LogP contribution is -2.46. The fraction of sp³-hybridized carbons (Fsp3) is 0.333. The van der Waals surface area contributed by atoms with Crippen molar-refractivity contribution in [1.29, 1.82) is 0 Å². The van der Waals surface area contributed by atoms with Crippen LogP contribution in [0.1, 0.15) is 29.6 Å². The van der Waals surface area contributed by atoms with Crippen molar-refractivity contribution < 1.29 is 36.3 Å². The highest BCUT2D eigenvalue weighted by Gasteiger charge is 2.54. The van der Waals surface area contributed by atoms with Gasteiger partial charge in [-0.3, -0.25) is 9.59 Å². The zero-order valence-corrected chi connectivity index (χ0v) is 17.9. The standard InChI is InChI=1S/C21H17ClF3NO5S/c22-13-4-2-10(21(29)26-11-7-14(23)18(25)15(24)8-11)6-17(13)32(30,31)20-9-1-3-12(20)19(28)16(27)5-9/h2,4,6-9,12,19-20,28H,1,3,5H2,(H,26,29)/t9?,12-,19-,20?/m0/s1. The van der Waals surface area contributed by atoms with Gasteiger partial charge in [0.25, 0.3) is 5.91 Å². The van der Waals surface area contributed by atoms with E-state index in [1.807, 2.05) is 0 Å². The molecule has 0 aromatic heterocycles. The predicted molar refractivity (Wildman–Crippen MR) is 109 cm³/mol. The minimum Gasteiger partial charge on any atom is -0.385 e. The van der Waals surface area contributed by atoms with Gasteiger partial charge in [0.1, 0.15) is 6.10 Å². The van der Waals surface area contributed by atoms with Crippen molar-refractivity contribution in [1.82, 2.24) is 0 Å². The molecule has 4 rings (SSSR count). The first kappa shape index (κ1) is 22.8. The Morgan fingerprint density at radius 3 is 2.41 bits per heavy atom. The molecule has 0 saturated heterocycles. The number of aliphatic hydroxyl groups is 1. The van der Waals surface area contributed by atoms with Crippen molar-refractivity contribution in [3.05, 3.63) is 58.4 Å². The summed E-state index contributed by atoms with van der Waals surface area (Å²) in [5.74, 6) is -7.19. The van der Waals surface area contributed by atoms with Gasteiger partial charge in [0.2, 0.25) is 0 Å². The van der Waals surface area contributed by atoms with E-state index in [-0.39, 0.29) is 33.4 Å².